The molecule has 0 radical (unpaired) electrons. The first-order chi connectivity index (χ1) is 14.9. The number of carboxylic acids is 1. The molecule has 1 fully saturated rings. The second-order valence-corrected chi connectivity index (χ2v) is 8.49. The van der Waals surface area contributed by atoms with E-state index in [0.717, 1.165) is 40.5 Å². The van der Waals surface area contributed by atoms with Crippen LogP contribution in [-0.4, -0.2) is 36.6 Å². The molecule has 0 aliphatic heterocycles. The van der Waals surface area contributed by atoms with Gasteiger partial charge in [-0.05, 0) is 49.6 Å². The summed E-state index contributed by atoms with van der Waals surface area (Å²) in [6.07, 6.45) is 3.66. The Morgan fingerprint density at radius 3 is 2.52 bits per heavy atom. The zero-order valence-corrected chi connectivity index (χ0v) is 17.3. The molecule has 1 aliphatic rings. The SMILES string of the molecule is Cc1nc2cc(C(=O)O)ccn2c1-c1csc(C2(c3ccc(C(=O)NO)cc3)CC2)n1. The van der Waals surface area contributed by atoms with Crippen LogP contribution in [0.1, 0.15) is 49.8 Å². The van der Waals surface area contributed by atoms with Crippen LogP contribution >= 0.6 is 11.3 Å². The molecule has 0 spiro atoms. The van der Waals surface area contributed by atoms with Crippen molar-refractivity contribution in [3.63, 3.8) is 0 Å². The molecule has 0 atom stereocenters. The van der Waals surface area contributed by atoms with Gasteiger partial charge >= 0.3 is 5.97 Å². The number of imidazole rings is 1. The quantitative estimate of drug-likeness (QED) is 0.326. The Labute approximate surface area is 180 Å². The van der Waals surface area contributed by atoms with Crippen molar-refractivity contribution in [2.24, 2.45) is 0 Å². The maximum absolute atomic E-state index is 11.6. The number of aryl methyl sites for hydroxylation is 1. The number of benzene rings is 1. The number of carbonyl (C=O) groups excluding carboxylic acids is 1. The van der Waals surface area contributed by atoms with Crippen molar-refractivity contribution >= 4 is 28.9 Å². The zero-order chi connectivity index (χ0) is 21.8. The van der Waals surface area contributed by atoms with Gasteiger partial charge in [-0.1, -0.05) is 12.1 Å². The molecule has 1 amide bonds. The van der Waals surface area contributed by atoms with Crippen LogP contribution in [0, 0.1) is 6.92 Å². The molecule has 3 heterocycles. The Morgan fingerprint density at radius 1 is 1.13 bits per heavy atom. The Balaban J connectivity index is 1.51. The lowest BCUT2D eigenvalue weighted by atomic mass is 9.95. The summed E-state index contributed by atoms with van der Waals surface area (Å²) in [5.41, 5.74) is 6.15. The minimum atomic E-state index is -0.987. The third kappa shape index (κ3) is 3.09. The Kier molecular flexibility index (Phi) is 4.38. The molecule has 156 valence electrons. The van der Waals surface area contributed by atoms with Crippen molar-refractivity contribution in [2.75, 3.05) is 0 Å². The van der Waals surface area contributed by atoms with E-state index in [2.05, 4.69) is 4.98 Å². The largest absolute Gasteiger partial charge is 0.478 e. The lowest BCUT2D eigenvalue weighted by Gasteiger charge is -2.13. The van der Waals surface area contributed by atoms with Gasteiger partial charge in [0.2, 0.25) is 0 Å². The van der Waals surface area contributed by atoms with Gasteiger partial charge in [-0.2, -0.15) is 0 Å². The van der Waals surface area contributed by atoms with Gasteiger partial charge < -0.3 is 5.11 Å². The van der Waals surface area contributed by atoms with Crippen molar-refractivity contribution in [1.82, 2.24) is 19.8 Å². The highest BCUT2D eigenvalue weighted by Crippen LogP contribution is 2.54. The number of nitrogens with zero attached hydrogens (tertiary/aromatic N) is 3. The van der Waals surface area contributed by atoms with E-state index in [1.165, 1.54) is 0 Å². The van der Waals surface area contributed by atoms with Gasteiger partial charge in [-0.25, -0.2) is 20.2 Å². The molecular weight excluding hydrogens is 416 g/mol. The molecule has 1 aromatic carbocycles. The first kappa shape index (κ1) is 19.4. The van der Waals surface area contributed by atoms with Crippen molar-refractivity contribution < 1.29 is 19.9 Å². The summed E-state index contributed by atoms with van der Waals surface area (Å²) < 4.78 is 1.86. The maximum Gasteiger partial charge on any atom is 0.335 e. The van der Waals surface area contributed by atoms with Crippen LogP contribution in [0.25, 0.3) is 17.0 Å². The highest BCUT2D eigenvalue weighted by atomic mass is 32.1. The number of amides is 1. The van der Waals surface area contributed by atoms with Crippen LogP contribution in [0.5, 0.6) is 0 Å². The number of hydrogen-bond donors (Lipinski definition) is 3. The summed E-state index contributed by atoms with van der Waals surface area (Å²) in [7, 11) is 0. The fourth-order valence-electron chi connectivity index (χ4n) is 3.96. The van der Waals surface area contributed by atoms with E-state index in [0.29, 0.717) is 11.2 Å². The second-order valence-electron chi connectivity index (χ2n) is 7.63. The number of carboxylic acid groups (broad SMARTS) is 1. The topological polar surface area (TPSA) is 117 Å². The van der Waals surface area contributed by atoms with Crippen molar-refractivity contribution in [3.05, 3.63) is 75.4 Å². The van der Waals surface area contributed by atoms with Gasteiger partial charge in [0, 0.05) is 22.6 Å². The van der Waals surface area contributed by atoms with E-state index in [9.17, 15) is 14.7 Å². The molecule has 0 saturated heterocycles. The van der Waals surface area contributed by atoms with Crippen LogP contribution in [0.4, 0.5) is 0 Å². The minimum absolute atomic E-state index is 0.165. The lowest BCUT2D eigenvalue weighted by Crippen LogP contribution is -2.18. The summed E-state index contributed by atoms with van der Waals surface area (Å²) in [6, 6.07) is 10.3. The fourth-order valence-corrected chi connectivity index (χ4v) is 5.05. The summed E-state index contributed by atoms with van der Waals surface area (Å²) in [4.78, 5) is 32.3. The van der Waals surface area contributed by atoms with Crippen molar-refractivity contribution in [2.45, 2.75) is 25.2 Å². The number of thiazole rings is 1. The maximum atomic E-state index is 11.6. The van der Waals surface area contributed by atoms with E-state index in [1.54, 1.807) is 47.3 Å². The molecule has 0 bridgehead atoms. The van der Waals surface area contributed by atoms with Gasteiger partial charge in [0.15, 0.2) is 0 Å². The van der Waals surface area contributed by atoms with Crippen molar-refractivity contribution in [1.29, 1.82) is 0 Å². The molecule has 1 aliphatic carbocycles. The van der Waals surface area contributed by atoms with Gasteiger partial charge in [-0.3, -0.25) is 14.4 Å². The molecule has 31 heavy (non-hydrogen) atoms. The molecule has 1 saturated carbocycles. The number of fused-ring (bicyclic) bond motifs is 1. The molecule has 4 aromatic rings. The average Bonchev–Trinajstić information content (AvgIpc) is 3.32. The number of rotatable bonds is 5. The Hall–Kier alpha value is -3.56. The van der Waals surface area contributed by atoms with Crippen LogP contribution < -0.4 is 5.48 Å². The predicted molar refractivity (Wildman–Crippen MR) is 114 cm³/mol. The Morgan fingerprint density at radius 2 is 1.87 bits per heavy atom. The number of hydroxylamine groups is 1. The summed E-state index contributed by atoms with van der Waals surface area (Å²) in [5.74, 6) is -1.53. The average molecular weight is 434 g/mol. The fraction of sp³-hybridized carbons (Fsp3) is 0.182. The second kappa shape index (κ2) is 7.00. The van der Waals surface area contributed by atoms with Crippen LogP contribution in [0.15, 0.2) is 48.0 Å². The van der Waals surface area contributed by atoms with Gasteiger partial charge in [-0.15, -0.1) is 11.3 Å². The molecule has 0 unspecified atom stereocenters. The normalized spacial score (nSPS) is 14.5. The van der Waals surface area contributed by atoms with Gasteiger partial charge in [0.05, 0.1) is 17.0 Å². The number of hydrogen-bond acceptors (Lipinski definition) is 6. The van der Waals surface area contributed by atoms with Crippen LogP contribution in [0.2, 0.25) is 0 Å². The van der Waals surface area contributed by atoms with E-state index in [-0.39, 0.29) is 11.0 Å². The highest BCUT2D eigenvalue weighted by Gasteiger charge is 2.48. The molecule has 5 rings (SSSR count). The van der Waals surface area contributed by atoms with E-state index in [1.807, 2.05) is 28.8 Å². The smallest absolute Gasteiger partial charge is 0.335 e. The first-order valence-corrected chi connectivity index (χ1v) is 10.5. The summed E-state index contributed by atoms with van der Waals surface area (Å²) in [6.45, 7) is 1.89. The standard InChI is InChI=1S/C22H18N4O4S/c1-12-18(26-9-6-14(20(28)29)10-17(26)23-12)16-11-31-21(24-16)22(7-8-22)15-4-2-13(3-5-15)19(27)25-30/h2-6,9-11,30H,7-8H2,1H3,(H,25,27)(H,28,29). The first-order valence-electron chi connectivity index (χ1n) is 9.66. The number of nitrogens with one attached hydrogen (secondary N) is 1. The third-order valence-corrected chi connectivity index (χ3v) is 6.80. The number of carbonyl (C=O) groups is 2. The van der Waals surface area contributed by atoms with Crippen LogP contribution in [-0.2, 0) is 5.41 Å². The Bertz CT molecular complexity index is 1340. The molecule has 3 N–H and O–H groups in total. The van der Waals surface area contributed by atoms with Gasteiger partial charge in [0.25, 0.3) is 5.91 Å². The molecule has 8 nitrogen and oxygen atoms in total. The summed E-state index contributed by atoms with van der Waals surface area (Å²) >= 11 is 1.59. The zero-order valence-electron chi connectivity index (χ0n) is 16.5. The highest BCUT2D eigenvalue weighted by molar-refractivity contribution is 7.10. The number of pyridine rings is 1. The summed E-state index contributed by atoms with van der Waals surface area (Å²) in [5, 5.41) is 21.0. The lowest BCUT2D eigenvalue weighted by molar-refractivity contribution is 0.0693. The number of aromatic carboxylic acids is 1. The molecule has 9 heteroatoms. The monoisotopic (exact) mass is 434 g/mol. The van der Waals surface area contributed by atoms with E-state index >= 15 is 0 Å². The van der Waals surface area contributed by atoms with E-state index in [4.69, 9.17) is 10.2 Å². The minimum Gasteiger partial charge on any atom is -0.478 e. The van der Waals surface area contributed by atoms with E-state index < -0.39 is 11.9 Å². The van der Waals surface area contributed by atoms with Crippen LogP contribution in [0.3, 0.4) is 0 Å². The third-order valence-electron chi connectivity index (χ3n) is 5.75. The van der Waals surface area contributed by atoms with Crippen molar-refractivity contribution in [3.8, 4) is 11.4 Å². The van der Waals surface area contributed by atoms with Gasteiger partial charge in [0.1, 0.15) is 16.3 Å². The molecular formula is C22H18N4O4S. The number of aromatic nitrogens is 3. The predicted octanol–water partition coefficient (Wildman–Crippen LogP) is 3.66. The molecule has 3 aromatic heterocycles.